The largest absolute Gasteiger partial charge is 0.494 e. The Balaban J connectivity index is 1.89. The summed E-state index contributed by atoms with van der Waals surface area (Å²) in [6.07, 6.45) is 1.20. The van der Waals surface area contributed by atoms with Crippen LogP contribution >= 0.6 is 11.6 Å². The molecular weight excluding hydrogens is 364 g/mol. The number of amides is 1. The summed E-state index contributed by atoms with van der Waals surface area (Å²) in [7, 11) is 0. The van der Waals surface area contributed by atoms with Gasteiger partial charge in [0.25, 0.3) is 0 Å². The van der Waals surface area contributed by atoms with Crippen molar-refractivity contribution in [3.05, 3.63) is 53.6 Å². The zero-order chi connectivity index (χ0) is 19.5. The van der Waals surface area contributed by atoms with E-state index < -0.39 is 0 Å². The molecule has 5 nitrogen and oxygen atoms in total. The highest BCUT2D eigenvalue weighted by atomic mass is 35.5. The highest BCUT2D eigenvalue weighted by Crippen LogP contribution is 2.21. The van der Waals surface area contributed by atoms with E-state index in [1.165, 1.54) is 0 Å². The number of carbonyl (C=O) groups is 1. The molecule has 0 aliphatic rings. The quantitative estimate of drug-likeness (QED) is 0.548. The lowest BCUT2D eigenvalue weighted by atomic mass is 10.2. The van der Waals surface area contributed by atoms with Gasteiger partial charge in [-0.15, -0.1) is 0 Å². The number of rotatable bonds is 10. The normalized spacial score (nSPS) is 10.1. The summed E-state index contributed by atoms with van der Waals surface area (Å²) in [5.74, 6) is 1.44. The predicted molar refractivity (Wildman–Crippen MR) is 106 cm³/mol. The Morgan fingerprint density at radius 3 is 2.33 bits per heavy atom. The summed E-state index contributed by atoms with van der Waals surface area (Å²) >= 11 is 5.84. The number of ether oxygens (including phenoxy) is 2. The number of anilines is 1. The molecule has 2 aromatic carbocycles. The van der Waals surface area contributed by atoms with E-state index in [-0.39, 0.29) is 12.3 Å². The van der Waals surface area contributed by atoms with Crippen LogP contribution in [0.1, 0.15) is 26.2 Å². The zero-order valence-corrected chi connectivity index (χ0v) is 16.1. The van der Waals surface area contributed by atoms with Gasteiger partial charge in [-0.2, -0.15) is 5.26 Å². The molecule has 0 N–H and O–H groups in total. The second-order valence-electron chi connectivity index (χ2n) is 5.79. The van der Waals surface area contributed by atoms with E-state index in [4.69, 9.17) is 26.3 Å². The van der Waals surface area contributed by atoms with Crippen LogP contribution in [0, 0.1) is 11.3 Å². The molecule has 6 heteroatoms. The molecule has 0 unspecified atom stereocenters. The van der Waals surface area contributed by atoms with Crippen molar-refractivity contribution in [2.45, 2.75) is 26.2 Å². The maximum atomic E-state index is 12.6. The molecule has 142 valence electrons. The van der Waals surface area contributed by atoms with Crippen molar-refractivity contribution in [1.82, 2.24) is 0 Å². The van der Waals surface area contributed by atoms with Crippen molar-refractivity contribution in [3.63, 3.8) is 0 Å². The van der Waals surface area contributed by atoms with Gasteiger partial charge in [0.2, 0.25) is 5.91 Å². The van der Waals surface area contributed by atoms with Gasteiger partial charge in [0, 0.05) is 23.7 Å². The van der Waals surface area contributed by atoms with Crippen LogP contribution in [0.5, 0.6) is 11.5 Å². The first kappa shape index (κ1) is 20.6. The zero-order valence-electron chi connectivity index (χ0n) is 15.4. The van der Waals surface area contributed by atoms with Crippen molar-refractivity contribution in [2.24, 2.45) is 0 Å². The third kappa shape index (κ3) is 6.84. The Hall–Kier alpha value is -2.71. The van der Waals surface area contributed by atoms with Crippen molar-refractivity contribution in [3.8, 4) is 17.6 Å². The predicted octanol–water partition coefficient (Wildman–Crippen LogP) is 4.84. The fraction of sp³-hybridized carbons (Fsp3) is 0.333. The van der Waals surface area contributed by atoms with Crippen LogP contribution in [0.2, 0.25) is 5.02 Å². The molecule has 0 saturated carbocycles. The molecule has 0 bridgehead atoms. The topological polar surface area (TPSA) is 62.6 Å². The van der Waals surface area contributed by atoms with Gasteiger partial charge in [-0.25, -0.2) is 0 Å². The summed E-state index contributed by atoms with van der Waals surface area (Å²) in [5.41, 5.74) is 0.761. The number of hydrogen-bond donors (Lipinski definition) is 0. The minimum Gasteiger partial charge on any atom is -0.494 e. The molecule has 2 rings (SSSR count). The molecule has 0 aliphatic carbocycles. The van der Waals surface area contributed by atoms with E-state index in [0.29, 0.717) is 37.6 Å². The summed E-state index contributed by atoms with van der Waals surface area (Å²) < 4.78 is 11.1. The highest BCUT2D eigenvalue weighted by Gasteiger charge is 2.15. The van der Waals surface area contributed by atoms with Gasteiger partial charge < -0.3 is 14.4 Å². The van der Waals surface area contributed by atoms with Gasteiger partial charge in [-0.05, 0) is 61.9 Å². The Morgan fingerprint density at radius 1 is 1.07 bits per heavy atom. The summed E-state index contributed by atoms with van der Waals surface area (Å²) in [6.45, 7) is 3.30. The number of carbonyl (C=O) groups excluding carboxylic acids is 1. The molecule has 0 heterocycles. The highest BCUT2D eigenvalue weighted by molar-refractivity contribution is 6.30. The van der Waals surface area contributed by atoms with Crippen LogP contribution in [-0.2, 0) is 4.79 Å². The molecule has 0 fully saturated rings. The molecule has 0 aromatic heterocycles. The fourth-order valence-electron chi connectivity index (χ4n) is 2.53. The van der Waals surface area contributed by atoms with E-state index in [1.807, 2.05) is 31.2 Å². The lowest BCUT2D eigenvalue weighted by Gasteiger charge is -2.22. The number of nitriles is 1. The molecule has 0 saturated heterocycles. The van der Waals surface area contributed by atoms with Crippen molar-refractivity contribution >= 4 is 23.2 Å². The van der Waals surface area contributed by atoms with Gasteiger partial charge in [0.15, 0.2) is 0 Å². The molecule has 0 atom stereocenters. The van der Waals surface area contributed by atoms with Crippen LogP contribution in [0.4, 0.5) is 5.69 Å². The lowest BCUT2D eigenvalue weighted by molar-refractivity contribution is -0.118. The SMILES string of the molecule is CCOc1ccc(N(CCC#N)C(=O)CCCOc2ccc(Cl)cc2)cc1. The first-order chi connectivity index (χ1) is 13.1. The molecule has 27 heavy (non-hydrogen) atoms. The smallest absolute Gasteiger partial charge is 0.227 e. The van der Waals surface area contributed by atoms with E-state index in [2.05, 4.69) is 6.07 Å². The second kappa shape index (κ2) is 11.1. The van der Waals surface area contributed by atoms with Crippen LogP contribution in [0.25, 0.3) is 0 Å². The second-order valence-corrected chi connectivity index (χ2v) is 6.22. The number of hydrogen-bond acceptors (Lipinski definition) is 4. The summed E-state index contributed by atoms with van der Waals surface area (Å²) in [5, 5.41) is 9.53. The molecule has 2 aromatic rings. The van der Waals surface area contributed by atoms with Gasteiger partial charge in [-0.1, -0.05) is 11.6 Å². The fourth-order valence-corrected chi connectivity index (χ4v) is 2.65. The van der Waals surface area contributed by atoms with Gasteiger partial charge in [0.1, 0.15) is 11.5 Å². The first-order valence-electron chi connectivity index (χ1n) is 8.92. The number of benzene rings is 2. The van der Waals surface area contributed by atoms with E-state index >= 15 is 0 Å². The molecule has 0 aliphatic heterocycles. The van der Waals surface area contributed by atoms with E-state index in [1.54, 1.807) is 29.2 Å². The van der Waals surface area contributed by atoms with Crippen molar-refractivity contribution in [1.29, 1.82) is 5.26 Å². The van der Waals surface area contributed by atoms with Crippen molar-refractivity contribution < 1.29 is 14.3 Å². The van der Waals surface area contributed by atoms with Crippen LogP contribution in [-0.4, -0.2) is 25.7 Å². The monoisotopic (exact) mass is 386 g/mol. The molecule has 0 radical (unpaired) electrons. The van der Waals surface area contributed by atoms with E-state index in [0.717, 1.165) is 17.2 Å². The third-order valence-electron chi connectivity index (χ3n) is 3.83. The average molecular weight is 387 g/mol. The van der Waals surface area contributed by atoms with Crippen LogP contribution in [0.15, 0.2) is 48.5 Å². The number of halogens is 1. The van der Waals surface area contributed by atoms with Crippen LogP contribution in [0.3, 0.4) is 0 Å². The Kier molecular flexibility index (Phi) is 8.47. The average Bonchev–Trinajstić information content (AvgIpc) is 2.68. The number of nitrogens with zero attached hydrogens (tertiary/aromatic N) is 2. The maximum absolute atomic E-state index is 12.6. The van der Waals surface area contributed by atoms with Crippen molar-refractivity contribution in [2.75, 3.05) is 24.7 Å². The van der Waals surface area contributed by atoms with Gasteiger partial charge in [0.05, 0.1) is 25.7 Å². The Morgan fingerprint density at radius 2 is 1.70 bits per heavy atom. The standard InChI is InChI=1S/C21H23ClN2O3/c1-2-26-19-12-8-18(9-13-19)24(15-4-14-23)21(25)5-3-16-27-20-10-6-17(22)7-11-20/h6-13H,2-5,15-16H2,1H3. The minimum absolute atomic E-state index is 0.0332. The molecular formula is C21H23ClN2O3. The van der Waals surface area contributed by atoms with E-state index in [9.17, 15) is 4.79 Å². The van der Waals surface area contributed by atoms with Gasteiger partial charge in [-0.3, -0.25) is 4.79 Å². The van der Waals surface area contributed by atoms with Crippen LogP contribution < -0.4 is 14.4 Å². The third-order valence-corrected chi connectivity index (χ3v) is 4.08. The Bertz CT molecular complexity index is 754. The maximum Gasteiger partial charge on any atom is 0.227 e. The minimum atomic E-state index is -0.0332. The van der Waals surface area contributed by atoms with Gasteiger partial charge >= 0.3 is 0 Å². The Labute approximate surface area is 165 Å². The lowest BCUT2D eigenvalue weighted by Crippen LogP contribution is -2.31. The first-order valence-corrected chi connectivity index (χ1v) is 9.30. The summed E-state index contributed by atoms with van der Waals surface area (Å²) in [4.78, 5) is 14.3. The molecule has 0 spiro atoms. The molecule has 1 amide bonds. The summed E-state index contributed by atoms with van der Waals surface area (Å²) in [6, 6.07) is 16.5.